The average molecular weight is 368 g/mol. The number of amides is 1. The molecular weight excluding hydrogens is 355 g/mol. The average Bonchev–Trinajstić information content (AvgIpc) is 2.92. The number of para-hydroxylation sites is 2. The van der Waals surface area contributed by atoms with Crippen LogP contribution in [0.15, 0.2) is 42.5 Å². The molecule has 0 radical (unpaired) electrons. The summed E-state index contributed by atoms with van der Waals surface area (Å²) in [4.78, 5) is 17.7. The second kappa shape index (κ2) is 6.76. The van der Waals surface area contributed by atoms with Gasteiger partial charge in [0.15, 0.2) is 0 Å². The quantitative estimate of drug-likeness (QED) is 0.681. The van der Waals surface area contributed by atoms with E-state index < -0.39 is 18.3 Å². The Bertz CT molecular complexity index is 942. The van der Waals surface area contributed by atoms with Gasteiger partial charge >= 0.3 is 6.55 Å². The minimum Gasteiger partial charge on any atom is -0.334 e. The predicted octanol–water partition coefficient (Wildman–Crippen LogP) is 4.50. The zero-order valence-electron chi connectivity index (χ0n) is 13.1. The number of carbonyl (C=O) groups is 1. The Balaban J connectivity index is 1.92. The molecule has 3 aromatic rings. The lowest BCUT2D eigenvalue weighted by atomic mass is 10.2. The summed E-state index contributed by atoms with van der Waals surface area (Å²) in [6, 6.07) is 10.1. The maximum atomic E-state index is 13.9. The fourth-order valence-corrected chi connectivity index (χ4v) is 2.73. The van der Waals surface area contributed by atoms with E-state index in [-0.39, 0.29) is 28.5 Å². The van der Waals surface area contributed by atoms with Crippen LogP contribution in [0.25, 0.3) is 11.0 Å². The molecule has 8 heteroatoms. The topological polar surface area (TPSA) is 38.1 Å². The fraction of sp³-hybridized carbons (Fsp3) is 0.176. The largest absolute Gasteiger partial charge is 0.334 e. The minimum atomic E-state index is -2.81. The second-order valence-electron chi connectivity index (χ2n) is 5.45. The summed E-state index contributed by atoms with van der Waals surface area (Å²) in [5.74, 6) is -1.41. The molecule has 0 aliphatic rings. The van der Waals surface area contributed by atoms with Crippen LogP contribution in [0.1, 0.15) is 22.7 Å². The van der Waals surface area contributed by atoms with Crippen LogP contribution in [-0.4, -0.2) is 27.4 Å². The van der Waals surface area contributed by atoms with Crippen LogP contribution in [0, 0.1) is 5.82 Å². The summed E-state index contributed by atoms with van der Waals surface area (Å²) >= 11 is 5.67. The first-order chi connectivity index (χ1) is 11.9. The number of imidazole rings is 1. The zero-order valence-corrected chi connectivity index (χ0v) is 13.8. The van der Waals surface area contributed by atoms with Crippen molar-refractivity contribution in [3.8, 4) is 0 Å². The van der Waals surface area contributed by atoms with Crippen molar-refractivity contribution in [3.63, 3.8) is 0 Å². The van der Waals surface area contributed by atoms with Gasteiger partial charge in [-0.2, -0.15) is 8.78 Å². The molecule has 1 heterocycles. The lowest BCUT2D eigenvalue weighted by molar-refractivity contribution is 0.0644. The van der Waals surface area contributed by atoms with E-state index in [2.05, 4.69) is 4.98 Å². The third-order valence-corrected chi connectivity index (χ3v) is 3.99. The first-order valence-corrected chi connectivity index (χ1v) is 7.71. The smallest absolute Gasteiger partial charge is 0.320 e. The van der Waals surface area contributed by atoms with E-state index >= 15 is 0 Å². The lowest BCUT2D eigenvalue weighted by Crippen LogP contribution is -2.28. The molecule has 0 unspecified atom stereocenters. The molecule has 0 saturated carbocycles. The highest BCUT2D eigenvalue weighted by Gasteiger charge is 2.22. The van der Waals surface area contributed by atoms with Crippen LogP contribution in [0.5, 0.6) is 0 Å². The molecule has 1 amide bonds. The molecule has 4 nitrogen and oxygen atoms in total. The van der Waals surface area contributed by atoms with Crippen LogP contribution in [0.2, 0.25) is 5.02 Å². The van der Waals surface area contributed by atoms with Crippen LogP contribution >= 0.6 is 11.6 Å². The number of fused-ring (bicyclic) bond motifs is 1. The van der Waals surface area contributed by atoms with Crippen LogP contribution in [0.3, 0.4) is 0 Å². The third kappa shape index (κ3) is 3.32. The van der Waals surface area contributed by atoms with Crippen molar-refractivity contribution in [2.75, 3.05) is 7.05 Å². The van der Waals surface area contributed by atoms with Gasteiger partial charge < -0.3 is 4.90 Å². The Labute approximate surface area is 146 Å². The summed E-state index contributed by atoms with van der Waals surface area (Å²) in [7, 11) is 1.39. The van der Waals surface area contributed by atoms with Crippen molar-refractivity contribution in [3.05, 3.63) is 64.7 Å². The summed E-state index contributed by atoms with van der Waals surface area (Å²) in [6.45, 7) is -3.00. The van der Waals surface area contributed by atoms with Crippen LogP contribution < -0.4 is 0 Å². The Morgan fingerprint density at radius 1 is 1.28 bits per heavy atom. The van der Waals surface area contributed by atoms with Gasteiger partial charge in [0.25, 0.3) is 5.91 Å². The van der Waals surface area contributed by atoms with Gasteiger partial charge in [-0.3, -0.25) is 9.36 Å². The molecule has 2 aromatic carbocycles. The minimum absolute atomic E-state index is 0.0152. The molecule has 0 aliphatic heterocycles. The number of benzene rings is 2. The van der Waals surface area contributed by atoms with Crippen molar-refractivity contribution in [2.24, 2.45) is 0 Å². The number of aromatic nitrogens is 2. The molecule has 0 N–H and O–H groups in total. The van der Waals surface area contributed by atoms with E-state index in [0.29, 0.717) is 5.52 Å². The molecule has 0 fully saturated rings. The number of hydrogen-bond donors (Lipinski definition) is 0. The number of carbonyl (C=O) groups excluding carboxylic acids is 1. The van der Waals surface area contributed by atoms with Gasteiger partial charge in [-0.15, -0.1) is 0 Å². The number of halogens is 4. The molecule has 130 valence electrons. The lowest BCUT2D eigenvalue weighted by Gasteiger charge is -2.18. The standard InChI is InChI=1S/C17H13ClF3N3O/c1-23(16(25)11-7-6-10(18)8-12(11)19)9-15-22-13-4-2-3-5-14(13)24(15)17(20)21/h2-8,17H,9H2,1H3. The van der Waals surface area contributed by atoms with Crippen molar-refractivity contribution in [1.29, 1.82) is 0 Å². The Kier molecular flexibility index (Phi) is 4.67. The third-order valence-electron chi connectivity index (χ3n) is 3.75. The normalized spacial score (nSPS) is 11.3. The van der Waals surface area contributed by atoms with Gasteiger partial charge in [0.2, 0.25) is 0 Å². The van der Waals surface area contributed by atoms with Crippen LogP contribution in [0.4, 0.5) is 13.2 Å². The first-order valence-electron chi connectivity index (χ1n) is 7.33. The molecule has 0 spiro atoms. The van der Waals surface area contributed by atoms with Crippen molar-refractivity contribution in [1.82, 2.24) is 14.5 Å². The zero-order chi connectivity index (χ0) is 18.1. The van der Waals surface area contributed by atoms with Gasteiger partial charge in [-0.1, -0.05) is 23.7 Å². The van der Waals surface area contributed by atoms with E-state index in [1.807, 2.05) is 0 Å². The summed E-state index contributed by atoms with van der Waals surface area (Å²) in [6.07, 6.45) is 0. The summed E-state index contributed by atoms with van der Waals surface area (Å²) in [5.41, 5.74) is 0.481. The van der Waals surface area contributed by atoms with Gasteiger partial charge in [0.1, 0.15) is 11.6 Å². The maximum absolute atomic E-state index is 13.9. The molecule has 0 bridgehead atoms. The SMILES string of the molecule is CN(Cc1nc2ccccc2n1C(F)F)C(=O)c1ccc(Cl)cc1F. The Morgan fingerprint density at radius 2 is 2.00 bits per heavy atom. The highest BCUT2D eigenvalue weighted by atomic mass is 35.5. The summed E-state index contributed by atoms with van der Waals surface area (Å²) in [5, 5.41) is 0.163. The first kappa shape index (κ1) is 17.3. The Morgan fingerprint density at radius 3 is 2.68 bits per heavy atom. The number of nitrogens with zero attached hydrogens (tertiary/aromatic N) is 3. The number of hydrogen-bond acceptors (Lipinski definition) is 2. The van der Waals surface area contributed by atoms with Gasteiger partial charge in [0, 0.05) is 12.1 Å². The van der Waals surface area contributed by atoms with E-state index in [9.17, 15) is 18.0 Å². The van der Waals surface area contributed by atoms with E-state index in [0.717, 1.165) is 15.5 Å². The number of alkyl halides is 2. The van der Waals surface area contributed by atoms with Crippen LogP contribution in [-0.2, 0) is 6.54 Å². The summed E-state index contributed by atoms with van der Waals surface area (Å²) < 4.78 is 41.5. The van der Waals surface area contributed by atoms with Gasteiger partial charge in [-0.05, 0) is 30.3 Å². The van der Waals surface area contributed by atoms with Gasteiger partial charge in [-0.25, -0.2) is 9.37 Å². The van der Waals surface area contributed by atoms with E-state index in [1.165, 1.54) is 25.2 Å². The molecule has 0 atom stereocenters. The van der Waals surface area contributed by atoms with E-state index in [1.54, 1.807) is 18.2 Å². The van der Waals surface area contributed by atoms with Crippen molar-refractivity contribution < 1.29 is 18.0 Å². The molecule has 1 aromatic heterocycles. The predicted molar refractivity (Wildman–Crippen MR) is 88.2 cm³/mol. The maximum Gasteiger partial charge on any atom is 0.320 e. The number of rotatable bonds is 4. The molecule has 0 aliphatic carbocycles. The van der Waals surface area contributed by atoms with Gasteiger partial charge in [0.05, 0.1) is 23.1 Å². The second-order valence-corrected chi connectivity index (χ2v) is 5.89. The Hall–Kier alpha value is -2.54. The molecule has 25 heavy (non-hydrogen) atoms. The molecule has 3 rings (SSSR count). The van der Waals surface area contributed by atoms with Crippen molar-refractivity contribution >= 4 is 28.5 Å². The molecule has 0 saturated heterocycles. The fourth-order valence-electron chi connectivity index (χ4n) is 2.58. The van der Waals surface area contributed by atoms with E-state index in [4.69, 9.17) is 11.6 Å². The molecular formula is C17H13ClF3N3O. The highest BCUT2D eigenvalue weighted by molar-refractivity contribution is 6.30. The monoisotopic (exact) mass is 367 g/mol. The highest BCUT2D eigenvalue weighted by Crippen LogP contribution is 2.24. The van der Waals surface area contributed by atoms with Crippen molar-refractivity contribution in [2.45, 2.75) is 13.1 Å².